The molecule has 3 unspecified atom stereocenters. The molecule has 9 heteroatoms. The second-order valence-electron chi connectivity index (χ2n) is 9.31. The van der Waals surface area contributed by atoms with Crippen molar-refractivity contribution in [3.8, 4) is 23.0 Å². The number of nitrogens with one attached hydrogen (secondary N) is 2. The highest BCUT2D eigenvalue weighted by atomic mass is 32.1. The summed E-state index contributed by atoms with van der Waals surface area (Å²) in [6.45, 7) is 0. The minimum absolute atomic E-state index is 0.0720. The Bertz CT molecular complexity index is 1330. The predicted octanol–water partition coefficient (Wildman–Crippen LogP) is 5.14. The van der Waals surface area contributed by atoms with Gasteiger partial charge in [-0.3, -0.25) is 14.5 Å². The maximum atomic E-state index is 13.6. The van der Waals surface area contributed by atoms with Crippen LogP contribution in [0.2, 0.25) is 0 Å². The van der Waals surface area contributed by atoms with Crippen molar-refractivity contribution in [2.75, 3.05) is 24.4 Å². The molecule has 0 aromatic heterocycles. The van der Waals surface area contributed by atoms with Crippen LogP contribution in [0.1, 0.15) is 19.3 Å². The van der Waals surface area contributed by atoms with Crippen LogP contribution in [0.3, 0.4) is 0 Å². The first-order valence-electron chi connectivity index (χ1n) is 12.5. The molecule has 0 radical (unpaired) electrons. The van der Waals surface area contributed by atoms with E-state index in [1.807, 2.05) is 54.6 Å². The number of rotatable bonds is 7. The van der Waals surface area contributed by atoms with Crippen molar-refractivity contribution in [2.24, 2.45) is 11.8 Å². The van der Waals surface area contributed by atoms with Crippen molar-refractivity contribution in [3.05, 3.63) is 72.8 Å². The number of para-hydroxylation sites is 1. The third-order valence-electron chi connectivity index (χ3n) is 7.00. The summed E-state index contributed by atoms with van der Waals surface area (Å²) in [6.07, 6.45) is 1.69. The Morgan fingerprint density at radius 3 is 2.37 bits per heavy atom. The van der Waals surface area contributed by atoms with E-state index in [9.17, 15) is 9.59 Å². The van der Waals surface area contributed by atoms with Crippen LogP contribution in [0.25, 0.3) is 0 Å². The molecule has 1 heterocycles. The number of anilines is 2. The van der Waals surface area contributed by atoms with Gasteiger partial charge in [-0.15, -0.1) is 0 Å². The third kappa shape index (κ3) is 5.28. The van der Waals surface area contributed by atoms with Crippen molar-refractivity contribution in [1.82, 2.24) is 5.32 Å². The predicted molar refractivity (Wildman–Crippen MR) is 149 cm³/mol. The molecule has 1 saturated carbocycles. The molecule has 3 atom stereocenters. The summed E-state index contributed by atoms with van der Waals surface area (Å²) in [4.78, 5) is 28.1. The summed E-state index contributed by atoms with van der Waals surface area (Å²) in [5, 5.41) is 6.60. The van der Waals surface area contributed by atoms with Crippen LogP contribution in [0.15, 0.2) is 72.8 Å². The van der Waals surface area contributed by atoms with E-state index in [0.717, 1.165) is 5.75 Å². The minimum atomic E-state index is -0.295. The van der Waals surface area contributed by atoms with Gasteiger partial charge in [0.2, 0.25) is 11.8 Å². The van der Waals surface area contributed by atoms with Gasteiger partial charge in [0.05, 0.1) is 25.8 Å². The molecule has 0 bridgehead atoms. The number of hydrogen-bond donors (Lipinski definition) is 2. The lowest BCUT2D eigenvalue weighted by Gasteiger charge is -2.43. The first kappa shape index (κ1) is 25.5. The fourth-order valence-corrected chi connectivity index (χ4v) is 5.37. The SMILES string of the molecule is COc1ccc(OC)c(N2C(=O)C3CCC(C(=O)Nc4ccc(Oc5ccccc5)cc4)CC3NC2=S)c1. The molecule has 2 fully saturated rings. The van der Waals surface area contributed by atoms with E-state index in [0.29, 0.717) is 47.9 Å². The monoisotopic (exact) mass is 531 g/mol. The summed E-state index contributed by atoms with van der Waals surface area (Å²) in [5.41, 5.74) is 1.23. The van der Waals surface area contributed by atoms with E-state index in [4.69, 9.17) is 26.4 Å². The number of benzene rings is 3. The number of thiocarbonyl (C=S) groups is 1. The number of fused-ring (bicyclic) bond motifs is 1. The van der Waals surface area contributed by atoms with Crippen molar-refractivity contribution < 1.29 is 23.8 Å². The zero-order valence-corrected chi connectivity index (χ0v) is 22.0. The van der Waals surface area contributed by atoms with Gasteiger partial charge in [-0.1, -0.05) is 18.2 Å². The van der Waals surface area contributed by atoms with Crippen LogP contribution >= 0.6 is 12.2 Å². The van der Waals surface area contributed by atoms with Gasteiger partial charge in [-0.25, -0.2) is 0 Å². The summed E-state index contributed by atoms with van der Waals surface area (Å²) < 4.78 is 16.6. The average molecular weight is 532 g/mol. The average Bonchev–Trinajstić information content (AvgIpc) is 2.94. The maximum absolute atomic E-state index is 13.6. The van der Waals surface area contributed by atoms with Crippen molar-refractivity contribution in [3.63, 3.8) is 0 Å². The quantitative estimate of drug-likeness (QED) is 0.408. The summed E-state index contributed by atoms with van der Waals surface area (Å²) >= 11 is 5.60. The highest BCUT2D eigenvalue weighted by Gasteiger charge is 2.45. The van der Waals surface area contributed by atoms with Crippen LogP contribution in [-0.2, 0) is 9.59 Å². The Balaban J connectivity index is 1.22. The van der Waals surface area contributed by atoms with Gasteiger partial charge in [-0.05, 0) is 80.0 Å². The van der Waals surface area contributed by atoms with Gasteiger partial charge >= 0.3 is 0 Å². The Kier molecular flexibility index (Phi) is 7.46. The molecule has 2 N–H and O–H groups in total. The molecule has 3 aromatic carbocycles. The fraction of sp³-hybridized carbons (Fsp3) is 0.276. The van der Waals surface area contributed by atoms with Crippen LogP contribution < -0.4 is 29.7 Å². The summed E-state index contributed by atoms with van der Waals surface area (Å²) in [7, 11) is 3.11. The largest absolute Gasteiger partial charge is 0.497 e. The Labute approximate surface area is 226 Å². The molecule has 196 valence electrons. The molecule has 3 aromatic rings. The number of ether oxygens (including phenoxy) is 3. The molecule has 38 heavy (non-hydrogen) atoms. The number of amides is 2. The topological polar surface area (TPSA) is 89.1 Å². The van der Waals surface area contributed by atoms with Crippen molar-refractivity contribution in [1.29, 1.82) is 0 Å². The number of carbonyl (C=O) groups is 2. The summed E-state index contributed by atoms with van der Waals surface area (Å²) in [5.74, 6) is 1.85. The molecular weight excluding hydrogens is 502 g/mol. The minimum Gasteiger partial charge on any atom is -0.497 e. The molecule has 1 saturated heterocycles. The molecular formula is C29H29N3O5S. The van der Waals surface area contributed by atoms with E-state index in [2.05, 4.69) is 10.6 Å². The van der Waals surface area contributed by atoms with Crippen LogP contribution in [0.5, 0.6) is 23.0 Å². The highest BCUT2D eigenvalue weighted by molar-refractivity contribution is 7.80. The van der Waals surface area contributed by atoms with E-state index < -0.39 is 0 Å². The third-order valence-corrected chi connectivity index (χ3v) is 7.30. The lowest BCUT2D eigenvalue weighted by atomic mass is 9.76. The van der Waals surface area contributed by atoms with Gasteiger partial charge in [0.1, 0.15) is 23.0 Å². The van der Waals surface area contributed by atoms with Gasteiger partial charge in [0.15, 0.2) is 5.11 Å². The first-order chi connectivity index (χ1) is 18.5. The van der Waals surface area contributed by atoms with Crippen molar-refractivity contribution in [2.45, 2.75) is 25.3 Å². The molecule has 1 aliphatic heterocycles. The highest BCUT2D eigenvalue weighted by Crippen LogP contribution is 2.39. The van der Waals surface area contributed by atoms with E-state index in [-0.39, 0.29) is 34.8 Å². The lowest BCUT2D eigenvalue weighted by Crippen LogP contribution is -2.62. The Hall–Kier alpha value is -4.11. The van der Waals surface area contributed by atoms with Crippen LogP contribution in [-0.4, -0.2) is 37.2 Å². The number of nitrogens with zero attached hydrogens (tertiary/aromatic N) is 1. The standard InChI is InChI=1S/C29H29N3O5S/c1-35-22-13-15-26(36-2)25(17-22)32-28(34)23-14-8-18(16-24(23)31-29(32)38)27(33)30-19-9-11-21(12-10-19)37-20-6-4-3-5-7-20/h3-7,9-13,15,17-18,23-24H,8,14,16H2,1-2H3,(H,30,33)(H,31,38). The number of carbonyl (C=O) groups excluding carboxylic acids is 2. The van der Waals surface area contributed by atoms with Gasteiger partial charge in [0, 0.05) is 23.7 Å². The zero-order chi connectivity index (χ0) is 26.6. The van der Waals surface area contributed by atoms with Gasteiger partial charge in [-0.2, -0.15) is 0 Å². The number of methoxy groups -OCH3 is 2. The molecule has 2 aliphatic rings. The molecule has 8 nitrogen and oxygen atoms in total. The van der Waals surface area contributed by atoms with Gasteiger partial charge in [0.25, 0.3) is 0 Å². The van der Waals surface area contributed by atoms with E-state index in [1.54, 1.807) is 32.4 Å². The second kappa shape index (κ2) is 11.1. The maximum Gasteiger partial charge on any atom is 0.238 e. The van der Waals surface area contributed by atoms with Crippen LogP contribution in [0, 0.1) is 11.8 Å². The normalized spacial score (nSPS) is 20.7. The van der Waals surface area contributed by atoms with Gasteiger partial charge < -0.3 is 24.8 Å². The first-order valence-corrected chi connectivity index (χ1v) is 12.9. The second-order valence-corrected chi connectivity index (χ2v) is 9.70. The van der Waals surface area contributed by atoms with Crippen LogP contribution in [0.4, 0.5) is 11.4 Å². The van der Waals surface area contributed by atoms with Crippen molar-refractivity contribution >= 4 is 40.5 Å². The smallest absolute Gasteiger partial charge is 0.238 e. The van der Waals surface area contributed by atoms with E-state index >= 15 is 0 Å². The zero-order valence-electron chi connectivity index (χ0n) is 21.2. The Morgan fingerprint density at radius 1 is 0.947 bits per heavy atom. The summed E-state index contributed by atoms with van der Waals surface area (Å²) in [6, 6.07) is 21.8. The molecule has 0 spiro atoms. The van der Waals surface area contributed by atoms with E-state index in [1.165, 1.54) is 4.90 Å². The molecule has 2 amide bonds. The number of hydrogen-bond acceptors (Lipinski definition) is 6. The Morgan fingerprint density at radius 2 is 1.66 bits per heavy atom. The lowest BCUT2D eigenvalue weighted by molar-refractivity contribution is -0.127. The fourth-order valence-electron chi connectivity index (χ4n) is 5.03. The molecule has 5 rings (SSSR count). The molecule has 1 aliphatic carbocycles.